The molecule has 1 aliphatic carbocycles. The van der Waals surface area contributed by atoms with Crippen molar-refractivity contribution in [2.75, 3.05) is 0 Å². The van der Waals surface area contributed by atoms with E-state index in [0.717, 1.165) is 25.7 Å². The fourth-order valence-corrected chi connectivity index (χ4v) is 2.97. The third-order valence-electron chi connectivity index (χ3n) is 3.83. The van der Waals surface area contributed by atoms with E-state index in [-0.39, 0.29) is 11.3 Å². The number of hydrogen-bond acceptors (Lipinski definition) is 1. The number of carboxylic acids is 1. The zero-order valence-electron chi connectivity index (χ0n) is 8.84. The topological polar surface area (TPSA) is 37.3 Å². The van der Waals surface area contributed by atoms with Gasteiger partial charge in [-0.3, -0.25) is 4.79 Å². The Morgan fingerprint density at radius 1 is 1.31 bits per heavy atom. The van der Waals surface area contributed by atoms with Gasteiger partial charge in [-0.25, -0.2) is 0 Å². The van der Waals surface area contributed by atoms with Gasteiger partial charge < -0.3 is 5.11 Å². The monoisotopic (exact) mass is 184 g/mol. The zero-order valence-corrected chi connectivity index (χ0v) is 8.84. The summed E-state index contributed by atoms with van der Waals surface area (Å²) in [7, 11) is 0. The van der Waals surface area contributed by atoms with Gasteiger partial charge in [0.2, 0.25) is 0 Å². The van der Waals surface area contributed by atoms with E-state index in [9.17, 15) is 4.79 Å². The zero-order chi connectivity index (χ0) is 10.1. The van der Waals surface area contributed by atoms with Crippen molar-refractivity contribution in [1.82, 2.24) is 0 Å². The van der Waals surface area contributed by atoms with Gasteiger partial charge in [0, 0.05) is 0 Å². The summed E-state index contributed by atoms with van der Waals surface area (Å²) in [5, 5.41) is 9.05. The van der Waals surface area contributed by atoms with E-state index in [1.165, 1.54) is 0 Å². The van der Waals surface area contributed by atoms with Crippen molar-refractivity contribution in [3.05, 3.63) is 0 Å². The lowest BCUT2D eigenvalue weighted by molar-refractivity contribution is -0.139. The Hall–Kier alpha value is -0.530. The third-order valence-corrected chi connectivity index (χ3v) is 3.83. The van der Waals surface area contributed by atoms with E-state index in [1.807, 2.05) is 0 Å². The van der Waals surface area contributed by atoms with Crippen molar-refractivity contribution in [2.24, 2.45) is 17.3 Å². The van der Waals surface area contributed by atoms with Gasteiger partial charge in [-0.1, -0.05) is 27.2 Å². The van der Waals surface area contributed by atoms with Gasteiger partial charge in [0.15, 0.2) is 0 Å². The first-order chi connectivity index (χ1) is 6.14. The first-order valence-electron chi connectivity index (χ1n) is 5.36. The maximum Gasteiger partial charge on any atom is 0.307 e. The molecule has 0 aromatic heterocycles. The molecule has 76 valence electrons. The van der Waals surface area contributed by atoms with Crippen LogP contribution in [-0.2, 0) is 4.79 Å². The van der Waals surface area contributed by atoms with Crippen LogP contribution in [0.3, 0.4) is 0 Å². The molecule has 0 amide bonds. The molecule has 1 N–H and O–H groups in total. The molecule has 0 saturated heterocycles. The third kappa shape index (κ3) is 1.47. The van der Waals surface area contributed by atoms with E-state index in [4.69, 9.17) is 5.11 Å². The predicted molar refractivity (Wildman–Crippen MR) is 52.5 cm³/mol. The second kappa shape index (κ2) is 3.69. The van der Waals surface area contributed by atoms with Crippen LogP contribution in [0, 0.1) is 17.3 Å². The molecule has 0 bridgehead atoms. The predicted octanol–water partition coefficient (Wildman–Crippen LogP) is 2.92. The van der Waals surface area contributed by atoms with Crippen LogP contribution in [0.25, 0.3) is 0 Å². The fourth-order valence-electron chi connectivity index (χ4n) is 2.97. The van der Waals surface area contributed by atoms with Gasteiger partial charge in [-0.05, 0) is 30.6 Å². The smallest absolute Gasteiger partial charge is 0.307 e. The standard InChI is InChI=1S/C11H20O2/c1-4-7-8-9(10(12)13)11(8,5-2)6-3/h8-9H,4-7H2,1-3H3,(H,12,13). The number of aliphatic carboxylic acids is 1. The van der Waals surface area contributed by atoms with Crippen LogP contribution < -0.4 is 0 Å². The maximum atomic E-state index is 11.0. The van der Waals surface area contributed by atoms with Crippen molar-refractivity contribution in [3.8, 4) is 0 Å². The summed E-state index contributed by atoms with van der Waals surface area (Å²) in [6.45, 7) is 6.37. The van der Waals surface area contributed by atoms with Crippen molar-refractivity contribution in [1.29, 1.82) is 0 Å². The largest absolute Gasteiger partial charge is 0.481 e. The number of carboxylic acid groups (broad SMARTS) is 1. The highest BCUT2D eigenvalue weighted by molar-refractivity contribution is 5.75. The van der Waals surface area contributed by atoms with Crippen LogP contribution in [-0.4, -0.2) is 11.1 Å². The molecule has 2 nitrogen and oxygen atoms in total. The first-order valence-corrected chi connectivity index (χ1v) is 5.36. The molecular weight excluding hydrogens is 164 g/mol. The molecule has 13 heavy (non-hydrogen) atoms. The van der Waals surface area contributed by atoms with Crippen LogP contribution in [0.5, 0.6) is 0 Å². The summed E-state index contributed by atoms with van der Waals surface area (Å²) in [5.74, 6) is -0.186. The lowest BCUT2D eigenvalue weighted by atomic mass is 9.94. The van der Waals surface area contributed by atoms with E-state index in [2.05, 4.69) is 20.8 Å². The Kier molecular flexibility index (Phi) is 2.99. The average molecular weight is 184 g/mol. The average Bonchev–Trinajstić information content (AvgIpc) is 2.75. The van der Waals surface area contributed by atoms with Crippen molar-refractivity contribution in [3.63, 3.8) is 0 Å². The fraction of sp³-hybridized carbons (Fsp3) is 0.909. The van der Waals surface area contributed by atoms with Gasteiger partial charge in [0.05, 0.1) is 5.92 Å². The molecule has 1 fully saturated rings. The van der Waals surface area contributed by atoms with Crippen molar-refractivity contribution < 1.29 is 9.90 Å². The Balaban J connectivity index is 2.69. The minimum absolute atomic E-state index is 0.0533. The molecule has 0 aromatic carbocycles. The summed E-state index contributed by atoms with van der Waals surface area (Å²) < 4.78 is 0. The van der Waals surface area contributed by atoms with Crippen molar-refractivity contribution >= 4 is 5.97 Å². The van der Waals surface area contributed by atoms with Gasteiger partial charge in [0.1, 0.15) is 0 Å². The summed E-state index contributed by atoms with van der Waals surface area (Å²) in [5.41, 5.74) is 0.141. The molecule has 2 heteroatoms. The molecule has 0 spiro atoms. The highest BCUT2D eigenvalue weighted by atomic mass is 16.4. The second-order valence-corrected chi connectivity index (χ2v) is 4.15. The Labute approximate surface area is 80.3 Å². The highest BCUT2D eigenvalue weighted by Crippen LogP contribution is 2.65. The van der Waals surface area contributed by atoms with Gasteiger partial charge in [-0.15, -0.1) is 0 Å². The van der Waals surface area contributed by atoms with Gasteiger partial charge >= 0.3 is 5.97 Å². The van der Waals surface area contributed by atoms with Crippen molar-refractivity contribution in [2.45, 2.75) is 46.5 Å². The Morgan fingerprint density at radius 2 is 1.85 bits per heavy atom. The highest BCUT2D eigenvalue weighted by Gasteiger charge is 2.64. The van der Waals surface area contributed by atoms with Crippen LogP contribution in [0.4, 0.5) is 0 Å². The molecule has 1 aliphatic rings. The maximum absolute atomic E-state index is 11.0. The Bertz CT molecular complexity index is 194. The van der Waals surface area contributed by atoms with Crippen LogP contribution in [0.15, 0.2) is 0 Å². The number of hydrogen-bond donors (Lipinski definition) is 1. The molecule has 1 rings (SSSR count). The molecule has 0 aliphatic heterocycles. The lowest BCUT2D eigenvalue weighted by Crippen LogP contribution is -2.08. The minimum Gasteiger partial charge on any atom is -0.481 e. The number of carbonyl (C=O) groups is 1. The van der Waals surface area contributed by atoms with Crippen LogP contribution in [0.2, 0.25) is 0 Å². The first kappa shape index (κ1) is 10.6. The van der Waals surface area contributed by atoms with Crippen LogP contribution >= 0.6 is 0 Å². The Morgan fingerprint density at radius 3 is 2.08 bits per heavy atom. The van der Waals surface area contributed by atoms with E-state index in [0.29, 0.717) is 5.92 Å². The SMILES string of the molecule is CCCC1C(C(=O)O)C1(CC)CC. The van der Waals surface area contributed by atoms with E-state index >= 15 is 0 Å². The molecule has 0 heterocycles. The van der Waals surface area contributed by atoms with Gasteiger partial charge in [0.25, 0.3) is 0 Å². The second-order valence-electron chi connectivity index (χ2n) is 4.15. The number of rotatable bonds is 5. The molecule has 0 radical (unpaired) electrons. The molecule has 1 saturated carbocycles. The molecule has 2 unspecified atom stereocenters. The summed E-state index contributed by atoms with van der Waals surface area (Å²) in [4.78, 5) is 11.0. The lowest BCUT2D eigenvalue weighted by Gasteiger charge is -2.11. The van der Waals surface area contributed by atoms with E-state index < -0.39 is 5.97 Å². The minimum atomic E-state index is -0.581. The normalized spacial score (nSPS) is 30.1. The molecule has 2 atom stereocenters. The van der Waals surface area contributed by atoms with E-state index in [1.54, 1.807) is 0 Å². The quantitative estimate of drug-likeness (QED) is 0.713. The summed E-state index contributed by atoms with van der Waals surface area (Å²) >= 11 is 0. The van der Waals surface area contributed by atoms with Crippen LogP contribution in [0.1, 0.15) is 46.5 Å². The molecule has 0 aromatic rings. The molecular formula is C11H20O2. The van der Waals surface area contributed by atoms with Gasteiger partial charge in [-0.2, -0.15) is 0 Å². The summed E-state index contributed by atoms with van der Waals surface area (Å²) in [6, 6.07) is 0. The summed E-state index contributed by atoms with van der Waals surface area (Å²) in [6.07, 6.45) is 4.23.